The van der Waals surface area contributed by atoms with Crippen LogP contribution in [-0.2, 0) is 9.59 Å². The van der Waals surface area contributed by atoms with Gasteiger partial charge in [-0.15, -0.1) is 0 Å². The summed E-state index contributed by atoms with van der Waals surface area (Å²) in [5.74, 6) is 0.245. The van der Waals surface area contributed by atoms with Crippen LogP contribution in [0.25, 0.3) is 0 Å². The minimum atomic E-state index is -0.00357. The molecule has 1 aromatic rings. The maximum absolute atomic E-state index is 12.3. The molecule has 1 N–H and O–H groups in total. The van der Waals surface area contributed by atoms with Crippen LogP contribution < -0.4 is 5.32 Å². The quantitative estimate of drug-likeness (QED) is 0.787. The van der Waals surface area contributed by atoms with Gasteiger partial charge < -0.3 is 10.2 Å². The van der Waals surface area contributed by atoms with Crippen molar-refractivity contribution in [2.45, 2.75) is 19.8 Å². The van der Waals surface area contributed by atoms with Crippen molar-refractivity contribution >= 4 is 33.4 Å². The van der Waals surface area contributed by atoms with E-state index < -0.39 is 0 Å². The molecule has 6 nitrogen and oxygen atoms in total. The fourth-order valence-corrected chi connectivity index (χ4v) is 4.07. The van der Waals surface area contributed by atoms with Crippen LogP contribution in [-0.4, -0.2) is 78.9 Å². The number of benzene rings is 1. The van der Waals surface area contributed by atoms with E-state index in [2.05, 4.69) is 31.0 Å². The van der Waals surface area contributed by atoms with E-state index in [9.17, 15) is 9.59 Å². The third-order valence-corrected chi connectivity index (χ3v) is 5.70. The molecule has 0 bridgehead atoms. The van der Waals surface area contributed by atoms with Crippen molar-refractivity contribution in [3.8, 4) is 0 Å². The van der Waals surface area contributed by atoms with E-state index in [0.29, 0.717) is 13.1 Å². The Hall–Kier alpha value is -1.44. The Bertz CT molecular complexity index is 653. The Morgan fingerprint density at radius 2 is 1.62 bits per heavy atom. The number of hydrogen-bond donors (Lipinski definition) is 1. The summed E-state index contributed by atoms with van der Waals surface area (Å²) in [6.07, 6.45) is 2.26. The zero-order valence-electron chi connectivity index (χ0n) is 15.3. The first-order chi connectivity index (χ1) is 12.5. The molecule has 142 valence electrons. The first-order valence-corrected chi connectivity index (χ1v) is 10.1. The summed E-state index contributed by atoms with van der Waals surface area (Å²) in [6, 6.07) is 5.89. The normalized spacial score (nSPS) is 18.9. The lowest BCUT2D eigenvalue weighted by atomic mass is 10.2. The van der Waals surface area contributed by atoms with Gasteiger partial charge in [0.1, 0.15) is 0 Å². The van der Waals surface area contributed by atoms with Gasteiger partial charge in [0.2, 0.25) is 11.8 Å². The monoisotopic (exact) mass is 422 g/mol. The van der Waals surface area contributed by atoms with Crippen LogP contribution in [0.5, 0.6) is 0 Å². The molecule has 2 aliphatic rings. The van der Waals surface area contributed by atoms with Crippen LogP contribution in [0.4, 0.5) is 5.69 Å². The SMILES string of the molecule is Cc1ccc(NC(=O)CN2CCN(CC(=O)N3CCCC3)CC2)c(Br)c1. The van der Waals surface area contributed by atoms with Crippen molar-refractivity contribution in [3.05, 3.63) is 28.2 Å². The Balaban J connectivity index is 1.40. The van der Waals surface area contributed by atoms with Crippen molar-refractivity contribution < 1.29 is 9.59 Å². The molecule has 1 aromatic carbocycles. The zero-order chi connectivity index (χ0) is 18.5. The third-order valence-electron chi connectivity index (χ3n) is 5.05. The van der Waals surface area contributed by atoms with Gasteiger partial charge in [-0.25, -0.2) is 0 Å². The number of aryl methyl sites for hydroxylation is 1. The molecule has 2 amide bonds. The van der Waals surface area contributed by atoms with Crippen LogP contribution in [0.3, 0.4) is 0 Å². The second-order valence-corrected chi connectivity index (χ2v) is 8.03. The second-order valence-electron chi connectivity index (χ2n) is 7.17. The maximum atomic E-state index is 12.3. The van der Waals surface area contributed by atoms with Crippen LogP contribution in [0, 0.1) is 6.92 Å². The molecule has 0 radical (unpaired) electrons. The standard InChI is InChI=1S/C19H27BrN4O2/c1-15-4-5-17(16(20)12-15)21-18(25)13-22-8-10-23(11-9-22)14-19(26)24-6-2-3-7-24/h4-5,12H,2-3,6-11,13-14H2,1H3,(H,21,25). The molecule has 2 saturated heterocycles. The predicted octanol–water partition coefficient (Wildman–Crippen LogP) is 1.94. The van der Waals surface area contributed by atoms with Crippen LogP contribution in [0.1, 0.15) is 18.4 Å². The number of anilines is 1. The average molecular weight is 423 g/mol. The average Bonchev–Trinajstić information content (AvgIpc) is 3.14. The summed E-state index contributed by atoms with van der Waals surface area (Å²) >= 11 is 3.49. The molecule has 2 fully saturated rings. The lowest BCUT2D eigenvalue weighted by Crippen LogP contribution is -2.51. The summed E-state index contributed by atoms with van der Waals surface area (Å²) in [7, 11) is 0. The topological polar surface area (TPSA) is 55.9 Å². The van der Waals surface area contributed by atoms with Crippen LogP contribution >= 0.6 is 15.9 Å². The van der Waals surface area contributed by atoms with Gasteiger partial charge in [0, 0.05) is 43.7 Å². The maximum Gasteiger partial charge on any atom is 0.238 e. The Morgan fingerprint density at radius 3 is 2.23 bits per heavy atom. The molecular formula is C19H27BrN4O2. The summed E-state index contributed by atoms with van der Waals surface area (Å²) in [4.78, 5) is 30.9. The number of carbonyl (C=O) groups excluding carboxylic acids is 2. The van der Waals surface area contributed by atoms with Gasteiger partial charge >= 0.3 is 0 Å². The van der Waals surface area contributed by atoms with Gasteiger partial charge in [0.05, 0.1) is 18.8 Å². The smallest absolute Gasteiger partial charge is 0.238 e. The van der Waals surface area contributed by atoms with E-state index >= 15 is 0 Å². The fraction of sp³-hybridized carbons (Fsp3) is 0.579. The first kappa shape index (κ1) is 19.3. The highest BCUT2D eigenvalue weighted by Crippen LogP contribution is 2.23. The minimum absolute atomic E-state index is 0.00357. The van der Waals surface area contributed by atoms with Crippen molar-refractivity contribution in [1.29, 1.82) is 0 Å². The number of nitrogens with zero attached hydrogens (tertiary/aromatic N) is 3. The van der Waals surface area contributed by atoms with Gasteiger partial charge in [-0.1, -0.05) is 6.07 Å². The summed E-state index contributed by atoms with van der Waals surface area (Å²) in [6.45, 7) is 8.03. The van der Waals surface area contributed by atoms with Gasteiger partial charge in [0.25, 0.3) is 0 Å². The Morgan fingerprint density at radius 1 is 1.00 bits per heavy atom. The van der Waals surface area contributed by atoms with Gasteiger partial charge in [0.15, 0.2) is 0 Å². The lowest BCUT2D eigenvalue weighted by molar-refractivity contribution is -0.132. The van der Waals surface area contributed by atoms with Gasteiger partial charge in [-0.3, -0.25) is 19.4 Å². The molecule has 26 heavy (non-hydrogen) atoms. The van der Waals surface area contributed by atoms with Crippen molar-refractivity contribution in [2.75, 3.05) is 57.7 Å². The summed E-state index contributed by atoms with van der Waals surface area (Å²) in [5.41, 5.74) is 1.95. The van der Waals surface area contributed by atoms with E-state index in [4.69, 9.17) is 0 Å². The number of piperazine rings is 1. The zero-order valence-corrected chi connectivity index (χ0v) is 16.9. The molecule has 0 aliphatic carbocycles. The number of likely N-dealkylation sites (tertiary alicyclic amines) is 1. The van der Waals surface area contributed by atoms with E-state index in [0.717, 1.165) is 67.8 Å². The number of rotatable bonds is 5. The molecular weight excluding hydrogens is 396 g/mol. The molecule has 2 aliphatic heterocycles. The van der Waals surface area contributed by atoms with Crippen molar-refractivity contribution in [3.63, 3.8) is 0 Å². The highest BCUT2D eigenvalue weighted by molar-refractivity contribution is 9.10. The number of nitrogens with one attached hydrogen (secondary N) is 1. The number of halogens is 1. The number of hydrogen-bond acceptors (Lipinski definition) is 4. The summed E-state index contributed by atoms with van der Waals surface area (Å²) in [5, 5.41) is 2.96. The number of carbonyl (C=O) groups is 2. The molecule has 3 rings (SSSR count). The first-order valence-electron chi connectivity index (χ1n) is 9.30. The highest BCUT2D eigenvalue weighted by Gasteiger charge is 2.24. The predicted molar refractivity (Wildman–Crippen MR) is 106 cm³/mol. The molecule has 0 saturated carbocycles. The number of amides is 2. The van der Waals surface area contributed by atoms with E-state index in [1.165, 1.54) is 0 Å². The van der Waals surface area contributed by atoms with Crippen LogP contribution in [0.2, 0.25) is 0 Å². The molecule has 2 heterocycles. The van der Waals surface area contributed by atoms with Gasteiger partial charge in [-0.2, -0.15) is 0 Å². The van der Waals surface area contributed by atoms with Crippen LogP contribution in [0.15, 0.2) is 22.7 Å². The molecule has 0 aromatic heterocycles. The second kappa shape index (κ2) is 8.97. The largest absolute Gasteiger partial charge is 0.342 e. The van der Waals surface area contributed by atoms with Crippen molar-refractivity contribution in [2.24, 2.45) is 0 Å². The molecule has 0 unspecified atom stereocenters. The molecule has 0 atom stereocenters. The lowest BCUT2D eigenvalue weighted by Gasteiger charge is -2.34. The highest BCUT2D eigenvalue weighted by atomic mass is 79.9. The molecule has 7 heteroatoms. The van der Waals surface area contributed by atoms with E-state index in [-0.39, 0.29) is 11.8 Å². The Labute approximate surface area is 163 Å². The van der Waals surface area contributed by atoms with Crippen molar-refractivity contribution in [1.82, 2.24) is 14.7 Å². The Kier molecular flexibility index (Phi) is 6.67. The van der Waals surface area contributed by atoms with E-state index in [1.54, 1.807) is 0 Å². The fourth-order valence-electron chi connectivity index (χ4n) is 3.48. The van der Waals surface area contributed by atoms with Gasteiger partial charge in [-0.05, 0) is 53.4 Å². The minimum Gasteiger partial charge on any atom is -0.342 e. The third kappa shape index (κ3) is 5.28. The summed E-state index contributed by atoms with van der Waals surface area (Å²) < 4.78 is 0.899. The molecule has 0 spiro atoms. The van der Waals surface area contributed by atoms with E-state index in [1.807, 2.05) is 30.0 Å².